The molecule has 1 fully saturated rings. The molecular weight excluding hydrogens is 422 g/mol. The van der Waals surface area contributed by atoms with Gasteiger partial charge in [0.25, 0.3) is 0 Å². The highest BCUT2D eigenvalue weighted by Gasteiger charge is 2.41. The van der Waals surface area contributed by atoms with Crippen LogP contribution in [0.25, 0.3) is 0 Å². The van der Waals surface area contributed by atoms with E-state index in [0.717, 1.165) is 24.1 Å². The van der Waals surface area contributed by atoms with Crippen LogP contribution in [0.15, 0.2) is 42.5 Å². The fourth-order valence-corrected chi connectivity index (χ4v) is 4.80. The first kappa shape index (κ1) is 23.1. The van der Waals surface area contributed by atoms with Gasteiger partial charge in [-0.05, 0) is 36.6 Å². The van der Waals surface area contributed by atoms with Gasteiger partial charge in [0.05, 0.1) is 18.7 Å². The molecule has 0 aliphatic carbocycles. The number of aliphatic hydroxyl groups excluding tert-OH is 1. The van der Waals surface area contributed by atoms with Crippen molar-refractivity contribution in [1.29, 1.82) is 5.26 Å². The SMILES string of the molecule is C[C@H]1C(=O)C(=O)[C@@H](c2ccccc2)SN1Cc1cc(F)c(C(CO)CCC#N)cc1F. The molecule has 31 heavy (non-hydrogen) atoms. The van der Waals surface area contributed by atoms with Crippen molar-refractivity contribution in [3.63, 3.8) is 0 Å². The molecule has 0 spiro atoms. The van der Waals surface area contributed by atoms with Gasteiger partial charge in [-0.25, -0.2) is 13.1 Å². The van der Waals surface area contributed by atoms with Gasteiger partial charge in [-0.15, -0.1) is 0 Å². The van der Waals surface area contributed by atoms with Crippen LogP contribution in [0, 0.1) is 23.0 Å². The van der Waals surface area contributed by atoms with Crippen LogP contribution in [-0.2, 0) is 16.1 Å². The molecule has 162 valence electrons. The summed E-state index contributed by atoms with van der Waals surface area (Å²) in [6.45, 7) is 1.10. The molecule has 1 aliphatic heterocycles. The Bertz CT molecular complexity index is 1010. The first-order valence-corrected chi connectivity index (χ1v) is 10.7. The van der Waals surface area contributed by atoms with Crippen molar-refractivity contribution >= 4 is 23.5 Å². The van der Waals surface area contributed by atoms with E-state index in [1.165, 1.54) is 0 Å². The number of benzene rings is 2. The summed E-state index contributed by atoms with van der Waals surface area (Å²) in [7, 11) is 0. The van der Waals surface area contributed by atoms with Gasteiger partial charge in [-0.2, -0.15) is 5.26 Å². The summed E-state index contributed by atoms with van der Waals surface area (Å²) < 4.78 is 31.1. The van der Waals surface area contributed by atoms with Gasteiger partial charge >= 0.3 is 0 Å². The van der Waals surface area contributed by atoms with Crippen molar-refractivity contribution in [1.82, 2.24) is 4.31 Å². The van der Waals surface area contributed by atoms with Crippen molar-refractivity contribution in [3.8, 4) is 6.07 Å². The molecule has 1 heterocycles. The lowest BCUT2D eigenvalue weighted by Crippen LogP contribution is -2.45. The molecule has 2 aromatic carbocycles. The summed E-state index contributed by atoms with van der Waals surface area (Å²) in [6, 6.07) is 12.1. The molecule has 8 heteroatoms. The highest BCUT2D eigenvalue weighted by atomic mass is 32.2. The largest absolute Gasteiger partial charge is 0.396 e. The Morgan fingerprint density at radius 2 is 1.87 bits per heavy atom. The minimum absolute atomic E-state index is 0.0201. The minimum atomic E-state index is -0.777. The molecule has 1 aliphatic rings. The van der Waals surface area contributed by atoms with Crippen LogP contribution in [0.4, 0.5) is 8.78 Å². The number of aliphatic hydroxyl groups is 1. The third-order valence-electron chi connectivity index (χ3n) is 5.39. The average Bonchev–Trinajstić information content (AvgIpc) is 2.78. The standard InChI is InChI=1S/C23H22F2N2O3S/c1-14-21(29)22(30)23(15-6-3-2-4-7-15)31-27(14)12-17-10-20(25)18(11-19(17)24)16(13-28)8-5-9-26/h2-4,6-7,10-11,14,16,23,28H,5,8,12-13H2,1H3/t14-,16?,23+/m0/s1. The van der Waals surface area contributed by atoms with Crippen molar-refractivity contribution in [3.05, 3.63) is 70.8 Å². The molecule has 1 saturated heterocycles. The fourth-order valence-electron chi connectivity index (χ4n) is 3.54. The van der Waals surface area contributed by atoms with E-state index < -0.39 is 47.0 Å². The molecule has 0 amide bonds. The van der Waals surface area contributed by atoms with Gasteiger partial charge < -0.3 is 5.11 Å². The smallest absolute Gasteiger partial charge is 0.218 e. The van der Waals surface area contributed by atoms with Gasteiger partial charge in [-0.1, -0.05) is 42.3 Å². The lowest BCUT2D eigenvalue weighted by atomic mass is 9.93. The van der Waals surface area contributed by atoms with E-state index in [-0.39, 0.29) is 30.5 Å². The van der Waals surface area contributed by atoms with Crippen LogP contribution in [0.1, 0.15) is 47.6 Å². The van der Waals surface area contributed by atoms with Crippen molar-refractivity contribution in [2.24, 2.45) is 0 Å². The maximum atomic E-state index is 14.8. The predicted octanol–water partition coefficient (Wildman–Crippen LogP) is 4.08. The Balaban J connectivity index is 1.85. The van der Waals surface area contributed by atoms with E-state index in [1.807, 2.05) is 6.07 Å². The lowest BCUT2D eigenvalue weighted by Gasteiger charge is -2.35. The van der Waals surface area contributed by atoms with Crippen molar-refractivity contribution in [2.45, 2.75) is 43.5 Å². The first-order valence-electron chi connectivity index (χ1n) is 9.89. The van der Waals surface area contributed by atoms with Gasteiger partial charge in [0.2, 0.25) is 11.6 Å². The van der Waals surface area contributed by atoms with Crippen molar-refractivity contribution in [2.75, 3.05) is 6.61 Å². The number of rotatable bonds is 7. The lowest BCUT2D eigenvalue weighted by molar-refractivity contribution is -0.139. The van der Waals surface area contributed by atoms with E-state index >= 15 is 0 Å². The number of ketones is 2. The zero-order chi connectivity index (χ0) is 22.5. The zero-order valence-corrected chi connectivity index (χ0v) is 17.7. The fraction of sp³-hybridized carbons (Fsp3) is 0.348. The van der Waals surface area contributed by atoms with E-state index in [1.54, 1.807) is 41.6 Å². The molecule has 0 aromatic heterocycles. The second kappa shape index (κ2) is 10.1. The topological polar surface area (TPSA) is 81.4 Å². The Morgan fingerprint density at radius 3 is 2.52 bits per heavy atom. The summed E-state index contributed by atoms with van der Waals surface area (Å²) >= 11 is 1.14. The molecule has 0 bridgehead atoms. The highest BCUT2D eigenvalue weighted by molar-refractivity contribution is 7.98. The van der Waals surface area contributed by atoms with Gasteiger partial charge in [0.1, 0.15) is 16.9 Å². The molecule has 1 N–H and O–H groups in total. The number of nitrogens with zero attached hydrogens (tertiary/aromatic N) is 2. The van der Waals surface area contributed by atoms with Crippen LogP contribution >= 0.6 is 11.9 Å². The molecule has 3 atom stereocenters. The molecule has 0 saturated carbocycles. The number of Topliss-reactive ketones (excluding diaryl/α,β-unsaturated/α-hetero) is 2. The summed E-state index contributed by atoms with van der Waals surface area (Å²) in [6.07, 6.45) is 0.337. The zero-order valence-electron chi connectivity index (χ0n) is 16.9. The van der Waals surface area contributed by atoms with E-state index in [4.69, 9.17) is 5.26 Å². The van der Waals surface area contributed by atoms with Crippen LogP contribution < -0.4 is 0 Å². The Kier molecular flexibility index (Phi) is 7.55. The third-order valence-corrected chi connectivity index (χ3v) is 6.81. The normalized spacial score (nSPS) is 20.5. The molecular formula is C23H22F2N2O3S. The summed E-state index contributed by atoms with van der Waals surface area (Å²) in [5, 5.41) is 17.5. The van der Waals surface area contributed by atoms with E-state index in [9.17, 15) is 23.5 Å². The summed E-state index contributed by atoms with van der Waals surface area (Å²) in [5.41, 5.74) is 0.742. The number of hydrogen-bond donors (Lipinski definition) is 1. The highest BCUT2D eigenvalue weighted by Crippen LogP contribution is 2.40. The third kappa shape index (κ3) is 5.01. The minimum Gasteiger partial charge on any atom is -0.396 e. The number of carbonyl (C=O) groups is 2. The van der Waals surface area contributed by atoms with Gasteiger partial charge in [-0.3, -0.25) is 9.59 Å². The van der Waals surface area contributed by atoms with Crippen LogP contribution in [0.3, 0.4) is 0 Å². The Morgan fingerprint density at radius 1 is 1.16 bits per heavy atom. The second-order valence-corrected chi connectivity index (χ2v) is 8.57. The van der Waals surface area contributed by atoms with Crippen LogP contribution in [-0.4, -0.2) is 33.6 Å². The number of nitriles is 1. The van der Waals surface area contributed by atoms with E-state index in [2.05, 4.69) is 0 Å². The van der Waals surface area contributed by atoms with Gasteiger partial charge in [0, 0.05) is 24.4 Å². The number of hydrogen-bond acceptors (Lipinski definition) is 6. The molecule has 3 rings (SSSR count). The maximum absolute atomic E-state index is 14.8. The molecule has 0 radical (unpaired) electrons. The monoisotopic (exact) mass is 444 g/mol. The Hall–Kier alpha value is -2.60. The first-order chi connectivity index (χ1) is 14.9. The van der Waals surface area contributed by atoms with Gasteiger partial charge in [0.15, 0.2) is 0 Å². The van der Waals surface area contributed by atoms with Crippen molar-refractivity contribution < 1.29 is 23.5 Å². The Labute approximate surface area is 183 Å². The molecule has 2 aromatic rings. The van der Waals surface area contributed by atoms with E-state index in [0.29, 0.717) is 5.56 Å². The predicted molar refractivity (Wildman–Crippen MR) is 113 cm³/mol. The summed E-state index contributed by atoms with van der Waals surface area (Å²) in [5.74, 6) is -3.09. The summed E-state index contributed by atoms with van der Waals surface area (Å²) in [4.78, 5) is 25.0. The number of halogens is 2. The second-order valence-electron chi connectivity index (χ2n) is 7.42. The maximum Gasteiger partial charge on any atom is 0.218 e. The van der Waals surface area contributed by atoms with Crippen LogP contribution in [0.5, 0.6) is 0 Å². The number of carbonyl (C=O) groups excluding carboxylic acids is 2. The quantitative estimate of drug-likeness (QED) is 0.512. The van der Waals surface area contributed by atoms with Crippen LogP contribution in [0.2, 0.25) is 0 Å². The average molecular weight is 445 g/mol. The molecule has 1 unspecified atom stereocenters. The molecule has 5 nitrogen and oxygen atoms in total.